The summed E-state index contributed by atoms with van der Waals surface area (Å²) in [4.78, 5) is 12.0. The van der Waals surface area contributed by atoms with Crippen LogP contribution in [0.4, 0.5) is 0 Å². The van der Waals surface area contributed by atoms with Crippen molar-refractivity contribution in [2.45, 2.75) is 43.3 Å². The van der Waals surface area contributed by atoms with Crippen LogP contribution in [-0.4, -0.2) is 61.2 Å². The van der Waals surface area contributed by atoms with E-state index in [0.29, 0.717) is 18.3 Å². The first-order chi connectivity index (χ1) is 11.8. The molecule has 130 valence electrons. The molecular formula is C14H22N8OS. The molecule has 0 aromatic carbocycles. The Hall–Kier alpha value is -1.94. The van der Waals surface area contributed by atoms with Crippen molar-refractivity contribution in [2.24, 2.45) is 0 Å². The number of nitrogens with one attached hydrogen (secondary N) is 3. The lowest BCUT2D eigenvalue weighted by Gasteiger charge is -2.23. The van der Waals surface area contributed by atoms with Crippen LogP contribution in [0.2, 0.25) is 0 Å². The van der Waals surface area contributed by atoms with Gasteiger partial charge in [0.05, 0.1) is 12.4 Å². The zero-order valence-corrected chi connectivity index (χ0v) is 14.3. The summed E-state index contributed by atoms with van der Waals surface area (Å²) in [6.07, 6.45) is 8.14. The monoisotopic (exact) mass is 350 g/mol. The Morgan fingerprint density at radius 3 is 3.21 bits per heavy atom. The minimum Gasteiger partial charge on any atom is -0.350 e. The number of aromatic amines is 1. The number of hydrogen-bond acceptors (Lipinski definition) is 7. The van der Waals surface area contributed by atoms with Gasteiger partial charge in [-0.3, -0.25) is 9.48 Å². The third-order valence-electron chi connectivity index (χ3n) is 3.92. The molecule has 9 nitrogen and oxygen atoms in total. The van der Waals surface area contributed by atoms with Crippen LogP contribution in [0.5, 0.6) is 0 Å². The number of aromatic nitrogens is 6. The first kappa shape index (κ1) is 16.9. The van der Waals surface area contributed by atoms with Crippen LogP contribution in [0.3, 0.4) is 0 Å². The SMILES string of the molecule is O=C(NCCSc1cn[nH]n1)c1cn(CC[C@@H]2CCCCN2)nn1. The van der Waals surface area contributed by atoms with Crippen LogP contribution in [0.25, 0.3) is 0 Å². The topological polar surface area (TPSA) is 113 Å². The van der Waals surface area contributed by atoms with E-state index in [-0.39, 0.29) is 5.91 Å². The number of hydrogen-bond donors (Lipinski definition) is 3. The molecule has 0 spiro atoms. The van der Waals surface area contributed by atoms with Gasteiger partial charge in [0.25, 0.3) is 5.91 Å². The number of thioether (sulfide) groups is 1. The van der Waals surface area contributed by atoms with Gasteiger partial charge in [0.1, 0.15) is 5.03 Å². The summed E-state index contributed by atoms with van der Waals surface area (Å²) in [6, 6.07) is 0.550. The molecule has 1 aliphatic heterocycles. The summed E-state index contributed by atoms with van der Waals surface area (Å²) in [5.41, 5.74) is 0.359. The van der Waals surface area contributed by atoms with Crippen LogP contribution < -0.4 is 10.6 Å². The van der Waals surface area contributed by atoms with Gasteiger partial charge in [-0.2, -0.15) is 10.3 Å². The summed E-state index contributed by atoms with van der Waals surface area (Å²) in [6.45, 7) is 2.41. The second kappa shape index (κ2) is 8.78. The second-order valence-corrected chi connectivity index (χ2v) is 6.83. The van der Waals surface area contributed by atoms with Crippen molar-refractivity contribution in [3.8, 4) is 0 Å². The molecule has 0 aliphatic carbocycles. The number of H-pyrrole nitrogens is 1. The number of carbonyl (C=O) groups excluding carboxylic acids is 1. The van der Waals surface area contributed by atoms with Crippen molar-refractivity contribution in [1.82, 2.24) is 41.0 Å². The normalized spacial score (nSPS) is 17.8. The Kier molecular flexibility index (Phi) is 6.19. The maximum absolute atomic E-state index is 12.0. The Balaban J connectivity index is 1.36. The van der Waals surface area contributed by atoms with E-state index < -0.39 is 0 Å². The van der Waals surface area contributed by atoms with Crippen molar-refractivity contribution >= 4 is 17.7 Å². The average Bonchev–Trinajstić information content (AvgIpc) is 3.29. The Bertz CT molecular complexity index is 623. The number of piperidine rings is 1. The lowest BCUT2D eigenvalue weighted by Crippen LogP contribution is -2.34. The number of aryl methyl sites for hydroxylation is 1. The molecule has 0 unspecified atom stereocenters. The number of nitrogens with zero attached hydrogens (tertiary/aromatic N) is 5. The molecule has 1 atom stereocenters. The molecule has 1 amide bonds. The van der Waals surface area contributed by atoms with E-state index in [1.54, 1.807) is 17.1 Å². The second-order valence-electron chi connectivity index (χ2n) is 5.71. The quantitative estimate of drug-likeness (QED) is 0.468. The number of amides is 1. The van der Waals surface area contributed by atoms with Gasteiger partial charge in [-0.15, -0.1) is 22.0 Å². The van der Waals surface area contributed by atoms with Gasteiger partial charge in [0.2, 0.25) is 0 Å². The van der Waals surface area contributed by atoms with Crippen LogP contribution in [0, 0.1) is 0 Å². The van der Waals surface area contributed by atoms with Gasteiger partial charge in [0.15, 0.2) is 5.69 Å². The zero-order valence-electron chi connectivity index (χ0n) is 13.4. The fraction of sp³-hybridized carbons (Fsp3) is 0.643. The molecule has 24 heavy (non-hydrogen) atoms. The van der Waals surface area contributed by atoms with Crippen LogP contribution in [0.1, 0.15) is 36.2 Å². The van der Waals surface area contributed by atoms with Gasteiger partial charge in [-0.1, -0.05) is 11.6 Å². The number of rotatable bonds is 8. The molecule has 3 N–H and O–H groups in total. The van der Waals surface area contributed by atoms with E-state index in [1.807, 2.05) is 0 Å². The van der Waals surface area contributed by atoms with E-state index in [4.69, 9.17) is 0 Å². The van der Waals surface area contributed by atoms with Gasteiger partial charge < -0.3 is 10.6 Å². The van der Waals surface area contributed by atoms with Crippen molar-refractivity contribution in [2.75, 3.05) is 18.8 Å². The Morgan fingerprint density at radius 1 is 1.46 bits per heavy atom. The van der Waals surface area contributed by atoms with Crippen molar-refractivity contribution < 1.29 is 4.79 Å². The van der Waals surface area contributed by atoms with Gasteiger partial charge in [-0.05, 0) is 25.8 Å². The van der Waals surface area contributed by atoms with Crippen molar-refractivity contribution in [3.63, 3.8) is 0 Å². The highest BCUT2D eigenvalue weighted by atomic mass is 32.2. The van der Waals surface area contributed by atoms with E-state index in [9.17, 15) is 4.79 Å². The summed E-state index contributed by atoms with van der Waals surface area (Å²) in [7, 11) is 0. The zero-order chi connectivity index (χ0) is 16.6. The van der Waals surface area contributed by atoms with Crippen LogP contribution >= 0.6 is 11.8 Å². The molecule has 0 bridgehead atoms. The molecule has 2 aromatic rings. The third-order valence-corrected chi connectivity index (χ3v) is 4.82. The smallest absolute Gasteiger partial charge is 0.273 e. The van der Waals surface area contributed by atoms with E-state index in [1.165, 1.54) is 31.0 Å². The maximum atomic E-state index is 12.0. The van der Waals surface area contributed by atoms with E-state index in [0.717, 1.165) is 30.3 Å². The summed E-state index contributed by atoms with van der Waals surface area (Å²) in [5.74, 6) is 0.525. The lowest BCUT2D eigenvalue weighted by molar-refractivity contribution is 0.0951. The standard InChI is InChI=1S/C14H22N8OS/c23-14(16-6-8-24-13-9-17-20-19-13)12-10-22(21-18-12)7-4-11-3-1-2-5-15-11/h9-11,15H,1-8H2,(H,16,23)(H,17,19,20)/t11-/m0/s1. The van der Waals surface area contributed by atoms with Crippen LogP contribution in [0.15, 0.2) is 17.4 Å². The predicted molar refractivity (Wildman–Crippen MR) is 89.7 cm³/mol. The molecule has 1 aliphatic rings. The molecule has 3 heterocycles. The molecule has 0 radical (unpaired) electrons. The Morgan fingerprint density at radius 2 is 2.42 bits per heavy atom. The molecule has 3 rings (SSSR count). The number of carbonyl (C=O) groups is 1. The van der Waals surface area contributed by atoms with Crippen molar-refractivity contribution in [1.29, 1.82) is 0 Å². The first-order valence-corrected chi connectivity index (χ1v) is 9.20. The molecule has 1 fully saturated rings. The molecule has 1 saturated heterocycles. The summed E-state index contributed by atoms with van der Waals surface area (Å²) < 4.78 is 1.75. The van der Waals surface area contributed by atoms with Crippen LogP contribution in [-0.2, 0) is 6.54 Å². The highest BCUT2D eigenvalue weighted by Gasteiger charge is 2.14. The first-order valence-electron chi connectivity index (χ1n) is 8.21. The van der Waals surface area contributed by atoms with Gasteiger partial charge >= 0.3 is 0 Å². The molecular weight excluding hydrogens is 328 g/mol. The fourth-order valence-electron chi connectivity index (χ4n) is 2.64. The predicted octanol–water partition coefficient (Wildman–Crippen LogP) is 0.450. The summed E-state index contributed by atoms with van der Waals surface area (Å²) in [5, 5.41) is 25.4. The molecule has 10 heteroatoms. The third kappa shape index (κ3) is 5.03. The van der Waals surface area contributed by atoms with E-state index in [2.05, 4.69) is 36.4 Å². The molecule has 2 aromatic heterocycles. The minimum absolute atomic E-state index is 0.196. The largest absolute Gasteiger partial charge is 0.350 e. The maximum Gasteiger partial charge on any atom is 0.273 e. The summed E-state index contributed by atoms with van der Waals surface area (Å²) >= 11 is 1.53. The van der Waals surface area contributed by atoms with Crippen molar-refractivity contribution in [3.05, 3.63) is 18.1 Å². The highest BCUT2D eigenvalue weighted by Crippen LogP contribution is 2.12. The van der Waals surface area contributed by atoms with E-state index >= 15 is 0 Å². The van der Waals surface area contributed by atoms with Gasteiger partial charge in [0, 0.05) is 24.9 Å². The minimum atomic E-state index is -0.196. The average molecular weight is 350 g/mol. The van der Waals surface area contributed by atoms with Gasteiger partial charge in [-0.25, -0.2) is 0 Å². The molecule has 0 saturated carbocycles. The fourth-order valence-corrected chi connectivity index (χ4v) is 3.29. The Labute approximate surface area is 144 Å². The highest BCUT2D eigenvalue weighted by molar-refractivity contribution is 7.99. The lowest BCUT2D eigenvalue weighted by atomic mass is 10.0.